The lowest BCUT2D eigenvalue weighted by Crippen LogP contribution is -1.85. The molecule has 0 bridgehead atoms. The van der Waals surface area contributed by atoms with Gasteiger partial charge in [0.15, 0.2) is 0 Å². The summed E-state index contributed by atoms with van der Waals surface area (Å²) in [5.74, 6) is 0.574. The quantitative estimate of drug-likeness (QED) is 0.293. The van der Waals surface area contributed by atoms with E-state index in [9.17, 15) is 15.2 Å². The summed E-state index contributed by atoms with van der Waals surface area (Å²) in [4.78, 5) is 18.0. The van der Waals surface area contributed by atoms with Gasteiger partial charge >= 0.3 is 0 Å². The summed E-state index contributed by atoms with van der Waals surface area (Å²) in [7, 11) is 0. The third kappa shape index (κ3) is 3.36. The van der Waals surface area contributed by atoms with Crippen molar-refractivity contribution in [3.8, 4) is 17.1 Å². The normalized spacial score (nSPS) is 11.3. The molecule has 27 heavy (non-hydrogen) atoms. The highest BCUT2D eigenvalue weighted by molar-refractivity contribution is 5.81. The number of non-ortho nitro benzene ring substituents is 1. The molecular formula is C19H13N5O3. The maximum Gasteiger partial charge on any atom is 0.271 e. The Hall–Kier alpha value is -4.07. The van der Waals surface area contributed by atoms with Gasteiger partial charge < -0.3 is 10.1 Å². The van der Waals surface area contributed by atoms with Crippen molar-refractivity contribution in [1.29, 1.82) is 0 Å². The first kappa shape index (κ1) is 16.4. The maximum atomic E-state index is 10.8. The lowest BCUT2D eigenvalue weighted by molar-refractivity contribution is -0.384. The molecule has 0 amide bonds. The number of aromatic amines is 1. The fraction of sp³-hybridized carbons (Fsp3) is 0. The number of H-pyrrole nitrogens is 1. The van der Waals surface area contributed by atoms with E-state index in [2.05, 4.69) is 20.2 Å². The molecule has 0 spiro atoms. The number of phenols is 1. The van der Waals surface area contributed by atoms with E-state index in [0.29, 0.717) is 22.8 Å². The van der Waals surface area contributed by atoms with Crippen molar-refractivity contribution in [1.82, 2.24) is 9.97 Å². The number of imidazole rings is 1. The molecule has 0 aliphatic rings. The van der Waals surface area contributed by atoms with Crippen LogP contribution in [0.1, 0.15) is 0 Å². The van der Waals surface area contributed by atoms with E-state index in [0.717, 1.165) is 11.0 Å². The Morgan fingerprint density at radius 3 is 2.52 bits per heavy atom. The molecule has 0 saturated carbocycles. The van der Waals surface area contributed by atoms with Gasteiger partial charge in [0.25, 0.3) is 5.69 Å². The molecule has 8 nitrogen and oxygen atoms in total. The zero-order chi connectivity index (χ0) is 18.8. The minimum absolute atomic E-state index is 0.0554. The summed E-state index contributed by atoms with van der Waals surface area (Å²) in [6.07, 6.45) is 0. The van der Waals surface area contributed by atoms with Crippen molar-refractivity contribution in [2.45, 2.75) is 0 Å². The molecule has 0 radical (unpaired) electrons. The number of nitrogens with zero attached hydrogens (tertiary/aromatic N) is 4. The number of phenolic OH excluding ortho intramolecular Hbond substituents is 1. The minimum atomic E-state index is -0.487. The van der Waals surface area contributed by atoms with Crippen molar-refractivity contribution in [2.75, 3.05) is 0 Å². The number of aromatic hydroxyl groups is 1. The van der Waals surface area contributed by atoms with Gasteiger partial charge in [-0.05, 0) is 36.4 Å². The smallest absolute Gasteiger partial charge is 0.271 e. The van der Waals surface area contributed by atoms with Crippen molar-refractivity contribution >= 4 is 28.1 Å². The van der Waals surface area contributed by atoms with Crippen LogP contribution in [0.4, 0.5) is 17.1 Å². The van der Waals surface area contributed by atoms with Crippen molar-refractivity contribution in [3.05, 3.63) is 76.8 Å². The van der Waals surface area contributed by atoms with Crippen LogP contribution < -0.4 is 0 Å². The van der Waals surface area contributed by atoms with E-state index in [1.807, 2.05) is 24.3 Å². The third-order valence-corrected chi connectivity index (χ3v) is 3.95. The van der Waals surface area contributed by atoms with Crippen LogP contribution in [-0.2, 0) is 0 Å². The molecule has 0 aliphatic carbocycles. The predicted octanol–water partition coefficient (Wildman–Crippen LogP) is 5.26. The summed E-state index contributed by atoms with van der Waals surface area (Å²) >= 11 is 0. The second-order valence-corrected chi connectivity index (χ2v) is 5.78. The number of aromatic nitrogens is 2. The second-order valence-electron chi connectivity index (χ2n) is 5.78. The van der Waals surface area contributed by atoms with Crippen LogP contribution in [-0.4, -0.2) is 20.0 Å². The van der Waals surface area contributed by atoms with Gasteiger partial charge in [-0.2, -0.15) is 10.2 Å². The average molecular weight is 359 g/mol. The van der Waals surface area contributed by atoms with Crippen LogP contribution in [0.5, 0.6) is 5.75 Å². The fourth-order valence-electron chi connectivity index (χ4n) is 2.64. The molecule has 2 N–H and O–H groups in total. The highest BCUT2D eigenvalue weighted by Crippen LogP contribution is 2.33. The molecule has 4 rings (SSSR count). The summed E-state index contributed by atoms with van der Waals surface area (Å²) in [6.45, 7) is 0. The van der Waals surface area contributed by atoms with Gasteiger partial charge in [-0.3, -0.25) is 10.1 Å². The molecule has 0 fully saturated rings. The molecule has 0 aliphatic heterocycles. The molecule has 3 aromatic carbocycles. The Balaban J connectivity index is 1.68. The van der Waals surface area contributed by atoms with Crippen molar-refractivity contribution in [3.63, 3.8) is 0 Å². The number of hydrogen-bond acceptors (Lipinski definition) is 6. The van der Waals surface area contributed by atoms with Gasteiger partial charge in [0, 0.05) is 12.1 Å². The molecule has 1 aromatic heterocycles. The number of nitro benzene ring substituents is 1. The Kier molecular flexibility index (Phi) is 4.06. The first-order chi connectivity index (χ1) is 13.1. The van der Waals surface area contributed by atoms with Gasteiger partial charge in [-0.25, -0.2) is 4.98 Å². The monoisotopic (exact) mass is 359 g/mol. The maximum absolute atomic E-state index is 10.8. The number of fused-ring (bicyclic) bond motifs is 1. The SMILES string of the molecule is O=[N+]([O-])c1cccc(N=Nc2ccc(O)c(-c3nc4ccccc4[nH]3)c2)c1. The first-order valence-corrected chi connectivity index (χ1v) is 8.04. The number of rotatable bonds is 4. The number of benzene rings is 3. The zero-order valence-corrected chi connectivity index (χ0v) is 13.9. The van der Waals surface area contributed by atoms with Crippen LogP contribution >= 0.6 is 0 Å². The minimum Gasteiger partial charge on any atom is -0.507 e. The first-order valence-electron chi connectivity index (χ1n) is 8.04. The fourth-order valence-corrected chi connectivity index (χ4v) is 2.64. The van der Waals surface area contributed by atoms with E-state index < -0.39 is 4.92 Å². The van der Waals surface area contributed by atoms with Gasteiger partial charge in [0.2, 0.25) is 0 Å². The van der Waals surface area contributed by atoms with Gasteiger partial charge in [-0.1, -0.05) is 18.2 Å². The van der Waals surface area contributed by atoms with E-state index in [1.54, 1.807) is 24.3 Å². The van der Waals surface area contributed by atoms with Crippen molar-refractivity contribution < 1.29 is 10.0 Å². The summed E-state index contributed by atoms with van der Waals surface area (Å²) < 4.78 is 0. The lowest BCUT2D eigenvalue weighted by atomic mass is 10.1. The molecule has 132 valence electrons. The number of nitrogens with one attached hydrogen (secondary N) is 1. The molecule has 1 heterocycles. The molecule has 0 saturated heterocycles. The summed E-state index contributed by atoms with van der Waals surface area (Å²) in [6, 6.07) is 18.2. The van der Waals surface area contributed by atoms with Crippen molar-refractivity contribution in [2.24, 2.45) is 10.2 Å². The standard InChI is InChI=1S/C19H13N5O3/c25-18-9-8-13(23-22-12-4-3-5-14(10-12)24(26)27)11-15(18)19-20-16-6-1-2-7-17(16)21-19/h1-11,25H,(H,20,21). The highest BCUT2D eigenvalue weighted by Gasteiger charge is 2.11. The number of nitro groups is 1. The number of azo groups is 1. The van der Waals surface area contributed by atoms with Crippen LogP contribution in [0.15, 0.2) is 77.0 Å². The van der Waals surface area contributed by atoms with E-state index in [-0.39, 0.29) is 11.4 Å². The Labute approximate surface area is 153 Å². The molecule has 0 atom stereocenters. The average Bonchev–Trinajstić information content (AvgIpc) is 3.11. The largest absolute Gasteiger partial charge is 0.507 e. The van der Waals surface area contributed by atoms with Crippen LogP contribution in [0.25, 0.3) is 22.4 Å². The Bertz CT molecular complexity index is 1150. The Morgan fingerprint density at radius 2 is 1.74 bits per heavy atom. The molecule has 4 aromatic rings. The van der Waals surface area contributed by atoms with E-state index in [1.165, 1.54) is 18.2 Å². The highest BCUT2D eigenvalue weighted by atomic mass is 16.6. The number of hydrogen-bond donors (Lipinski definition) is 2. The van der Waals surface area contributed by atoms with Crippen LogP contribution in [0.3, 0.4) is 0 Å². The van der Waals surface area contributed by atoms with E-state index in [4.69, 9.17) is 0 Å². The van der Waals surface area contributed by atoms with Crippen LogP contribution in [0.2, 0.25) is 0 Å². The Morgan fingerprint density at radius 1 is 0.963 bits per heavy atom. The van der Waals surface area contributed by atoms with E-state index >= 15 is 0 Å². The van der Waals surface area contributed by atoms with Gasteiger partial charge in [0.1, 0.15) is 11.6 Å². The zero-order valence-electron chi connectivity index (χ0n) is 13.9. The molecule has 0 unspecified atom stereocenters. The molecule has 8 heteroatoms. The number of para-hydroxylation sites is 2. The molecular weight excluding hydrogens is 346 g/mol. The summed E-state index contributed by atoms with van der Waals surface area (Å²) in [5.41, 5.74) is 2.92. The summed E-state index contributed by atoms with van der Waals surface area (Å²) in [5, 5.41) is 29.2. The predicted molar refractivity (Wildman–Crippen MR) is 100 cm³/mol. The third-order valence-electron chi connectivity index (χ3n) is 3.95. The topological polar surface area (TPSA) is 117 Å². The second kappa shape index (κ2) is 6.68. The van der Waals surface area contributed by atoms with Gasteiger partial charge in [-0.15, -0.1) is 0 Å². The van der Waals surface area contributed by atoms with Crippen LogP contribution in [0, 0.1) is 10.1 Å². The lowest BCUT2D eigenvalue weighted by Gasteiger charge is -2.02. The van der Waals surface area contributed by atoms with Gasteiger partial charge in [0.05, 0.1) is 32.9 Å².